The first-order valence-electron chi connectivity index (χ1n) is 9.63. The number of phenolic OH excluding ortho intramolecular Hbond substituents is 1. The van der Waals surface area contributed by atoms with Gasteiger partial charge in [-0.3, -0.25) is 0 Å². The van der Waals surface area contributed by atoms with Crippen LogP contribution in [0.3, 0.4) is 0 Å². The second-order valence-electron chi connectivity index (χ2n) is 6.94. The third-order valence-electron chi connectivity index (χ3n) is 4.45. The predicted molar refractivity (Wildman–Crippen MR) is 115 cm³/mol. The van der Waals surface area contributed by atoms with Gasteiger partial charge in [0.25, 0.3) is 0 Å². The second kappa shape index (κ2) is 8.29. The van der Waals surface area contributed by atoms with Crippen LogP contribution in [0.25, 0.3) is 22.3 Å². The van der Waals surface area contributed by atoms with Crippen molar-refractivity contribution in [1.29, 1.82) is 0 Å². The molecule has 30 heavy (non-hydrogen) atoms. The Balaban J connectivity index is 1.85. The molecule has 152 valence electrons. The van der Waals surface area contributed by atoms with Gasteiger partial charge in [-0.05, 0) is 50.2 Å². The van der Waals surface area contributed by atoms with Gasteiger partial charge in [0, 0.05) is 0 Å². The zero-order valence-corrected chi connectivity index (χ0v) is 17.0. The Morgan fingerprint density at radius 1 is 0.800 bits per heavy atom. The molecule has 0 spiro atoms. The molecule has 0 atom stereocenters. The number of hydrogen-bond donors (Lipinski definition) is 1. The van der Waals surface area contributed by atoms with Crippen LogP contribution in [0, 0.1) is 0 Å². The number of phenols is 1. The molecule has 6 heteroatoms. The van der Waals surface area contributed by atoms with Gasteiger partial charge in [-0.1, -0.05) is 30.3 Å². The van der Waals surface area contributed by atoms with Crippen LogP contribution in [0.15, 0.2) is 66.7 Å². The van der Waals surface area contributed by atoms with Crippen molar-refractivity contribution in [3.05, 3.63) is 66.7 Å². The van der Waals surface area contributed by atoms with Gasteiger partial charge < -0.3 is 19.3 Å². The quantitative estimate of drug-likeness (QED) is 0.453. The molecular weight excluding hydrogens is 380 g/mol. The van der Waals surface area contributed by atoms with E-state index in [0.29, 0.717) is 40.0 Å². The highest BCUT2D eigenvalue weighted by Crippen LogP contribution is 2.39. The van der Waals surface area contributed by atoms with Crippen molar-refractivity contribution < 1.29 is 19.3 Å². The summed E-state index contributed by atoms with van der Waals surface area (Å²) in [7, 11) is 1.50. The van der Waals surface area contributed by atoms with E-state index in [1.807, 2.05) is 62.4 Å². The summed E-state index contributed by atoms with van der Waals surface area (Å²) < 4.78 is 17.3. The maximum Gasteiger partial charge on any atom is 0.230 e. The standard InChI is InChI=1S/C24H22N2O4/c1-15(2)29-19-12-6-7-13-20(19)30-24-16-9-4-5-11-18(16)25-23(26-24)17-10-8-14-21(28-3)22(17)27/h4-15,27H,1-3H3. The molecule has 6 nitrogen and oxygen atoms in total. The molecule has 1 heterocycles. The van der Waals surface area contributed by atoms with Crippen LogP contribution < -0.4 is 14.2 Å². The number of para-hydroxylation sites is 4. The normalized spacial score (nSPS) is 10.9. The summed E-state index contributed by atoms with van der Waals surface area (Å²) in [5.41, 5.74) is 1.15. The minimum atomic E-state index is -0.0234. The van der Waals surface area contributed by atoms with Crippen molar-refractivity contribution in [2.45, 2.75) is 20.0 Å². The topological polar surface area (TPSA) is 73.7 Å². The van der Waals surface area contributed by atoms with Gasteiger partial charge in [0.15, 0.2) is 28.8 Å². The Kier molecular flexibility index (Phi) is 5.39. The van der Waals surface area contributed by atoms with E-state index >= 15 is 0 Å². The smallest absolute Gasteiger partial charge is 0.230 e. The molecule has 0 amide bonds. The SMILES string of the molecule is COc1cccc(-c2nc(Oc3ccccc3OC(C)C)c3ccccc3n2)c1O. The minimum Gasteiger partial charge on any atom is -0.504 e. The molecule has 0 fully saturated rings. The van der Waals surface area contributed by atoms with Crippen LogP contribution >= 0.6 is 0 Å². The van der Waals surface area contributed by atoms with Crippen LogP contribution in [0.2, 0.25) is 0 Å². The van der Waals surface area contributed by atoms with Crippen LogP contribution in [0.5, 0.6) is 28.9 Å². The van der Waals surface area contributed by atoms with Crippen molar-refractivity contribution in [2.24, 2.45) is 0 Å². The largest absolute Gasteiger partial charge is 0.504 e. The zero-order chi connectivity index (χ0) is 21.1. The van der Waals surface area contributed by atoms with E-state index in [0.717, 1.165) is 5.39 Å². The van der Waals surface area contributed by atoms with Crippen LogP contribution in [0.1, 0.15) is 13.8 Å². The Morgan fingerprint density at radius 3 is 2.27 bits per heavy atom. The number of fused-ring (bicyclic) bond motifs is 1. The Hall–Kier alpha value is -3.80. The highest BCUT2D eigenvalue weighted by atomic mass is 16.5. The molecule has 0 unspecified atom stereocenters. The summed E-state index contributed by atoms with van der Waals surface area (Å²) in [6.45, 7) is 3.92. The number of methoxy groups -OCH3 is 1. The molecule has 1 aromatic heterocycles. The third-order valence-corrected chi connectivity index (χ3v) is 4.45. The van der Waals surface area contributed by atoms with Crippen LogP contribution in [-0.2, 0) is 0 Å². The predicted octanol–water partition coefficient (Wildman–Crippen LogP) is 5.59. The van der Waals surface area contributed by atoms with Gasteiger partial charge in [0.2, 0.25) is 5.88 Å². The molecule has 0 aliphatic rings. The number of benzene rings is 3. The highest BCUT2D eigenvalue weighted by Gasteiger charge is 2.17. The lowest BCUT2D eigenvalue weighted by Gasteiger charge is -2.16. The monoisotopic (exact) mass is 402 g/mol. The van der Waals surface area contributed by atoms with Gasteiger partial charge >= 0.3 is 0 Å². The van der Waals surface area contributed by atoms with E-state index in [2.05, 4.69) is 9.97 Å². The summed E-state index contributed by atoms with van der Waals surface area (Å²) >= 11 is 0. The van der Waals surface area contributed by atoms with E-state index in [9.17, 15) is 5.11 Å². The lowest BCUT2D eigenvalue weighted by Crippen LogP contribution is -2.06. The molecule has 0 saturated carbocycles. The first kappa shape index (κ1) is 19.5. The van der Waals surface area contributed by atoms with Gasteiger partial charge in [-0.15, -0.1) is 0 Å². The number of nitrogens with zero attached hydrogens (tertiary/aromatic N) is 2. The molecule has 1 N–H and O–H groups in total. The minimum absolute atomic E-state index is 0.00110. The van der Waals surface area contributed by atoms with E-state index < -0.39 is 0 Å². The number of rotatable bonds is 6. The van der Waals surface area contributed by atoms with Gasteiger partial charge in [-0.2, -0.15) is 4.98 Å². The van der Waals surface area contributed by atoms with Gasteiger partial charge in [0.05, 0.1) is 29.7 Å². The molecule has 0 aliphatic carbocycles. The molecular formula is C24H22N2O4. The maximum atomic E-state index is 10.6. The van der Waals surface area contributed by atoms with Crippen molar-refractivity contribution in [3.63, 3.8) is 0 Å². The lowest BCUT2D eigenvalue weighted by atomic mass is 10.1. The van der Waals surface area contributed by atoms with Crippen molar-refractivity contribution in [3.8, 4) is 40.3 Å². The van der Waals surface area contributed by atoms with E-state index in [4.69, 9.17) is 14.2 Å². The molecule has 0 bridgehead atoms. The first-order chi connectivity index (χ1) is 14.6. The molecule has 0 aliphatic heterocycles. The van der Waals surface area contributed by atoms with Crippen molar-refractivity contribution in [1.82, 2.24) is 9.97 Å². The number of aromatic nitrogens is 2. The Morgan fingerprint density at radius 2 is 1.50 bits per heavy atom. The second-order valence-corrected chi connectivity index (χ2v) is 6.94. The Bertz CT molecular complexity index is 1190. The summed E-state index contributed by atoms with van der Waals surface area (Å²) in [6, 6.07) is 20.2. The number of ether oxygens (including phenoxy) is 3. The molecule has 0 saturated heterocycles. The fourth-order valence-electron chi connectivity index (χ4n) is 3.10. The lowest BCUT2D eigenvalue weighted by molar-refractivity contribution is 0.233. The van der Waals surface area contributed by atoms with E-state index in [1.165, 1.54) is 7.11 Å². The average Bonchev–Trinajstić information content (AvgIpc) is 2.75. The van der Waals surface area contributed by atoms with Gasteiger partial charge in [0.1, 0.15) is 0 Å². The summed E-state index contributed by atoms with van der Waals surface area (Å²) in [5.74, 6) is 2.21. The molecule has 4 aromatic rings. The fourth-order valence-corrected chi connectivity index (χ4v) is 3.10. The highest BCUT2D eigenvalue weighted by molar-refractivity contribution is 5.86. The van der Waals surface area contributed by atoms with Crippen molar-refractivity contribution in [2.75, 3.05) is 7.11 Å². The van der Waals surface area contributed by atoms with E-state index in [-0.39, 0.29) is 11.9 Å². The van der Waals surface area contributed by atoms with Crippen LogP contribution in [0.4, 0.5) is 0 Å². The van der Waals surface area contributed by atoms with Gasteiger partial charge in [-0.25, -0.2) is 4.98 Å². The first-order valence-corrected chi connectivity index (χ1v) is 9.63. The average molecular weight is 402 g/mol. The molecule has 0 radical (unpaired) electrons. The summed E-state index contributed by atoms with van der Waals surface area (Å²) in [6.07, 6.45) is 0.00110. The Labute approximate surface area is 174 Å². The van der Waals surface area contributed by atoms with E-state index in [1.54, 1.807) is 18.2 Å². The number of aromatic hydroxyl groups is 1. The maximum absolute atomic E-state index is 10.6. The third kappa shape index (κ3) is 3.85. The molecule has 3 aromatic carbocycles. The number of hydrogen-bond acceptors (Lipinski definition) is 6. The summed E-state index contributed by atoms with van der Waals surface area (Å²) in [4.78, 5) is 9.24. The summed E-state index contributed by atoms with van der Waals surface area (Å²) in [5, 5.41) is 11.3. The van der Waals surface area contributed by atoms with Crippen molar-refractivity contribution >= 4 is 10.9 Å². The fraction of sp³-hybridized carbons (Fsp3) is 0.167. The molecule has 4 rings (SSSR count). The van der Waals surface area contributed by atoms with Crippen LogP contribution in [-0.4, -0.2) is 28.3 Å². The zero-order valence-electron chi connectivity index (χ0n) is 17.0.